The summed E-state index contributed by atoms with van der Waals surface area (Å²) in [7, 11) is -1.88. The second-order valence-electron chi connectivity index (χ2n) is 4.79. The minimum absolute atomic E-state index is 0.194. The van der Waals surface area contributed by atoms with Crippen molar-refractivity contribution in [2.24, 2.45) is 0 Å². The number of nitrogens with one attached hydrogen (secondary N) is 3. The molecule has 7 nitrogen and oxygen atoms in total. The van der Waals surface area contributed by atoms with Gasteiger partial charge in [0.1, 0.15) is 4.90 Å². The van der Waals surface area contributed by atoms with Crippen LogP contribution in [0.2, 0.25) is 0 Å². The highest BCUT2D eigenvalue weighted by Gasteiger charge is 2.23. The van der Waals surface area contributed by atoms with E-state index in [0.29, 0.717) is 17.9 Å². The van der Waals surface area contributed by atoms with Gasteiger partial charge in [-0.05, 0) is 32.5 Å². The van der Waals surface area contributed by atoms with E-state index >= 15 is 0 Å². The van der Waals surface area contributed by atoms with Crippen molar-refractivity contribution in [3.63, 3.8) is 0 Å². The van der Waals surface area contributed by atoms with Crippen molar-refractivity contribution in [2.75, 3.05) is 7.05 Å². The Labute approximate surface area is 124 Å². The van der Waals surface area contributed by atoms with Gasteiger partial charge in [-0.1, -0.05) is 6.07 Å². The molecule has 0 atom stereocenters. The number of aromatic nitrogens is 3. The van der Waals surface area contributed by atoms with Crippen molar-refractivity contribution >= 4 is 10.0 Å². The van der Waals surface area contributed by atoms with Crippen molar-refractivity contribution < 1.29 is 8.42 Å². The molecule has 0 unspecified atom stereocenters. The van der Waals surface area contributed by atoms with Crippen LogP contribution in [0, 0.1) is 13.8 Å². The fraction of sp³-hybridized carbons (Fsp3) is 0.385. The van der Waals surface area contributed by atoms with Crippen LogP contribution in [-0.4, -0.2) is 30.6 Å². The highest BCUT2D eigenvalue weighted by atomic mass is 32.2. The highest BCUT2D eigenvalue weighted by molar-refractivity contribution is 7.89. The summed E-state index contributed by atoms with van der Waals surface area (Å²) in [6, 6.07) is 3.70. The first kappa shape index (κ1) is 15.6. The summed E-state index contributed by atoms with van der Waals surface area (Å²) in [5.74, 6) is 0. The molecule has 2 heterocycles. The molecule has 0 bridgehead atoms. The summed E-state index contributed by atoms with van der Waals surface area (Å²) < 4.78 is 27.4. The van der Waals surface area contributed by atoms with Gasteiger partial charge in [-0.2, -0.15) is 5.10 Å². The molecule has 0 fully saturated rings. The first-order valence-electron chi connectivity index (χ1n) is 6.53. The third-order valence-corrected chi connectivity index (χ3v) is 4.62. The van der Waals surface area contributed by atoms with Crippen molar-refractivity contribution in [3.05, 3.63) is 41.0 Å². The van der Waals surface area contributed by atoms with Crippen LogP contribution in [-0.2, 0) is 23.1 Å². The number of hydrogen-bond donors (Lipinski definition) is 3. The number of H-pyrrole nitrogens is 1. The number of rotatable bonds is 6. The lowest BCUT2D eigenvalue weighted by molar-refractivity contribution is 0.578. The van der Waals surface area contributed by atoms with Gasteiger partial charge in [-0.25, -0.2) is 13.1 Å². The quantitative estimate of drug-likeness (QED) is 0.726. The van der Waals surface area contributed by atoms with Gasteiger partial charge in [-0.3, -0.25) is 10.1 Å². The molecule has 0 aliphatic rings. The van der Waals surface area contributed by atoms with Crippen LogP contribution in [0.25, 0.3) is 0 Å². The maximum atomic E-state index is 12.4. The fourth-order valence-electron chi connectivity index (χ4n) is 1.97. The van der Waals surface area contributed by atoms with E-state index in [1.807, 2.05) is 19.1 Å². The predicted molar refractivity (Wildman–Crippen MR) is 79.1 cm³/mol. The molecule has 0 saturated heterocycles. The Morgan fingerprint density at radius 3 is 2.62 bits per heavy atom. The van der Waals surface area contributed by atoms with Gasteiger partial charge in [0.05, 0.1) is 11.4 Å². The van der Waals surface area contributed by atoms with Crippen molar-refractivity contribution in [1.82, 2.24) is 25.2 Å². The zero-order valence-corrected chi connectivity index (χ0v) is 13.1. The van der Waals surface area contributed by atoms with E-state index in [0.717, 1.165) is 11.3 Å². The number of pyridine rings is 1. The van der Waals surface area contributed by atoms with Crippen LogP contribution >= 0.6 is 0 Å². The summed E-state index contributed by atoms with van der Waals surface area (Å²) in [6.45, 7) is 4.15. The number of aryl methyl sites for hydroxylation is 2. The largest absolute Gasteiger partial charge is 0.314 e. The van der Waals surface area contributed by atoms with E-state index < -0.39 is 10.0 Å². The normalized spacial score (nSPS) is 11.8. The van der Waals surface area contributed by atoms with Crippen molar-refractivity contribution in [3.8, 4) is 0 Å². The summed E-state index contributed by atoms with van der Waals surface area (Å²) in [6.07, 6.45) is 1.66. The number of nitrogens with zero attached hydrogens (tertiary/aromatic N) is 2. The van der Waals surface area contributed by atoms with Gasteiger partial charge in [0.25, 0.3) is 0 Å². The molecule has 2 aromatic rings. The molecule has 21 heavy (non-hydrogen) atoms. The molecule has 0 saturated carbocycles. The Morgan fingerprint density at radius 1 is 1.24 bits per heavy atom. The second-order valence-corrected chi connectivity index (χ2v) is 6.49. The summed E-state index contributed by atoms with van der Waals surface area (Å²) in [5.41, 5.74) is 2.70. The van der Waals surface area contributed by atoms with E-state index in [4.69, 9.17) is 0 Å². The number of sulfonamides is 1. The van der Waals surface area contributed by atoms with Gasteiger partial charge in [0.15, 0.2) is 0 Å². The molecule has 0 spiro atoms. The lowest BCUT2D eigenvalue weighted by Gasteiger charge is -2.08. The van der Waals surface area contributed by atoms with E-state index in [2.05, 4.69) is 25.2 Å². The van der Waals surface area contributed by atoms with Crippen LogP contribution < -0.4 is 10.0 Å². The van der Waals surface area contributed by atoms with Gasteiger partial charge >= 0.3 is 0 Å². The molecule has 2 rings (SSSR count). The fourth-order valence-corrected chi connectivity index (χ4v) is 3.34. The molecule has 0 radical (unpaired) electrons. The molecule has 0 amide bonds. The first-order chi connectivity index (χ1) is 9.94. The second kappa shape index (κ2) is 6.33. The Balaban J connectivity index is 2.18. The zero-order valence-electron chi connectivity index (χ0n) is 12.3. The number of aromatic amines is 1. The van der Waals surface area contributed by atoms with Gasteiger partial charge in [-0.15, -0.1) is 0 Å². The third-order valence-electron chi connectivity index (χ3n) is 3.01. The summed E-state index contributed by atoms with van der Waals surface area (Å²) >= 11 is 0. The van der Waals surface area contributed by atoms with E-state index in [1.54, 1.807) is 20.2 Å². The molecule has 0 aromatic carbocycles. The summed E-state index contributed by atoms with van der Waals surface area (Å²) in [5, 5.41) is 9.64. The first-order valence-corrected chi connectivity index (χ1v) is 8.02. The van der Waals surface area contributed by atoms with E-state index in [9.17, 15) is 8.42 Å². The lowest BCUT2D eigenvalue weighted by atomic mass is 10.2. The number of hydrogen-bond acceptors (Lipinski definition) is 5. The van der Waals surface area contributed by atoms with Gasteiger partial charge < -0.3 is 5.32 Å². The molecular weight excluding hydrogens is 290 g/mol. The van der Waals surface area contributed by atoms with E-state index in [1.165, 1.54) is 0 Å². The van der Waals surface area contributed by atoms with Crippen LogP contribution in [0.15, 0.2) is 23.2 Å². The van der Waals surface area contributed by atoms with Gasteiger partial charge in [0.2, 0.25) is 10.0 Å². The van der Waals surface area contributed by atoms with Crippen LogP contribution in [0.5, 0.6) is 0 Å². The highest BCUT2D eigenvalue weighted by Crippen LogP contribution is 2.17. The molecule has 3 N–H and O–H groups in total. The molecule has 114 valence electrons. The van der Waals surface area contributed by atoms with Crippen LogP contribution in [0.4, 0.5) is 0 Å². The van der Waals surface area contributed by atoms with Crippen LogP contribution in [0.1, 0.15) is 22.6 Å². The van der Waals surface area contributed by atoms with Gasteiger partial charge in [0, 0.05) is 25.0 Å². The molecule has 0 aliphatic heterocycles. The van der Waals surface area contributed by atoms with Crippen molar-refractivity contribution in [2.45, 2.75) is 31.8 Å². The average Bonchev–Trinajstić information content (AvgIpc) is 2.80. The van der Waals surface area contributed by atoms with E-state index in [-0.39, 0.29) is 11.4 Å². The van der Waals surface area contributed by atoms with Crippen LogP contribution in [0.3, 0.4) is 0 Å². The molecule has 8 heteroatoms. The minimum atomic E-state index is -3.62. The lowest BCUT2D eigenvalue weighted by Crippen LogP contribution is -2.25. The molecular formula is C13H19N5O2S. The summed E-state index contributed by atoms with van der Waals surface area (Å²) in [4.78, 5) is 4.35. The Hall–Kier alpha value is -1.77. The Kier molecular flexibility index (Phi) is 4.71. The maximum Gasteiger partial charge on any atom is 0.244 e. The maximum absolute atomic E-state index is 12.4. The SMILES string of the molecule is CNCc1n[nH]c(C)c1S(=O)(=O)NCc1ccc(C)nc1. The Morgan fingerprint density at radius 2 is 2.00 bits per heavy atom. The average molecular weight is 309 g/mol. The smallest absolute Gasteiger partial charge is 0.244 e. The third kappa shape index (κ3) is 3.66. The standard InChI is InChI=1S/C13H19N5O2S/c1-9-4-5-11(6-15-9)7-16-21(19,20)13-10(2)17-18-12(13)8-14-3/h4-6,14,16H,7-8H2,1-3H3,(H,17,18). The topological polar surface area (TPSA) is 99.8 Å². The zero-order chi connectivity index (χ0) is 15.5. The predicted octanol–water partition coefficient (Wildman–Crippen LogP) is 0.619. The molecule has 2 aromatic heterocycles. The molecule has 0 aliphatic carbocycles. The van der Waals surface area contributed by atoms with Crippen molar-refractivity contribution in [1.29, 1.82) is 0 Å². The monoisotopic (exact) mass is 309 g/mol. The minimum Gasteiger partial charge on any atom is -0.314 e. The Bertz CT molecular complexity index is 707.